The number of hydrogen-bond donors (Lipinski definition) is 0. The Morgan fingerprint density at radius 3 is 2.30 bits per heavy atom. The van der Waals surface area contributed by atoms with Gasteiger partial charge in [-0.05, 0) is 32.4 Å². The van der Waals surface area contributed by atoms with E-state index in [-0.39, 0.29) is 5.92 Å². The van der Waals surface area contributed by atoms with Gasteiger partial charge in [0.15, 0.2) is 5.60 Å². The van der Waals surface area contributed by atoms with E-state index in [0.29, 0.717) is 17.9 Å². The number of carbonyl (C=O) groups excluding carboxylic acids is 2. The second kappa shape index (κ2) is 9.02. The van der Waals surface area contributed by atoms with E-state index in [1.807, 2.05) is 13.2 Å². The van der Waals surface area contributed by atoms with Gasteiger partial charge in [0.2, 0.25) is 0 Å². The van der Waals surface area contributed by atoms with Crippen molar-refractivity contribution in [2.75, 3.05) is 26.4 Å². The first-order chi connectivity index (χ1) is 9.37. The zero-order chi connectivity index (χ0) is 15.8. The fourth-order valence-corrected chi connectivity index (χ4v) is 2.12. The van der Waals surface area contributed by atoms with E-state index in [1.54, 1.807) is 19.9 Å². The molecule has 0 aliphatic heterocycles. The first-order valence-corrected chi connectivity index (χ1v) is 7.71. The molecule has 20 heavy (non-hydrogen) atoms. The highest BCUT2D eigenvalue weighted by Crippen LogP contribution is 2.30. The van der Waals surface area contributed by atoms with Crippen LogP contribution in [0.25, 0.3) is 0 Å². The predicted octanol–water partition coefficient (Wildman–Crippen LogP) is 2.40. The average molecular weight is 304 g/mol. The van der Waals surface area contributed by atoms with Crippen molar-refractivity contribution in [2.45, 2.75) is 32.8 Å². The summed E-state index contributed by atoms with van der Waals surface area (Å²) in [6, 6.07) is 0. The number of methoxy groups -OCH3 is 2. The molecule has 0 aliphatic rings. The maximum Gasteiger partial charge on any atom is 0.338 e. The summed E-state index contributed by atoms with van der Waals surface area (Å²) in [6.07, 6.45) is 3.95. The van der Waals surface area contributed by atoms with Crippen molar-refractivity contribution in [2.24, 2.45) is 5.92 Å². The SMILES string of the molecule is C/C=C(/C[C@@H](C)[C@@](C)(OCSC)C(=O)OC)C(=O)OC. The number of esters is 2. The van der Waals surface area contributed by atoms with Gasteiger partial charge in [-0.3, -0.25) is 0 Å². The van der Waals surface area contributed by atoms with Gasteiger partial charge in [-0.25, -0.2) is 9.59 Å². The molecule has 0 N–H and O–H groups in total. The van der Waals surface area contributed by atoms with E-state index in [4.69, 9.17) is 14.2 Å². The van der Waals surface area contributed by atoms with Crippen molar-refractivity contribution in [3.8, 4) is 0 Å². The summed E-state index contributed by atoms with van der Waals surface area (Å²) in [5.74, 6) is -0.692. The molecule has 0 saturated carbocycles. The zero-order valence-corrected chi connectivity index (χ0v) is 13.8. The Labute approximate surface area is 125 Å². The maximum absolute atomic E-state index is 12.0. The van der Waals surface area contributed by atoms with Gasteiger partial charge in [-0.15, -0.1) is 11.8 Å². The zero-order valence-electron chi connectivity index (χ0n) is 13.0. The number of hydrogen-bond acceptors (Lipinski definition) is 6. The molecular formula is C14H24O5S. The molecule has 0 fully saturated rings. The van der Waals surface area contributed by atoms with Crippen LogP contribution in [0.1, 0.15) is 27.2 Å². The third-order valence-electron chi connectivity index (χ3n) is 3.33. The molecule has 2 atom stereocenters. The van der Waals surface area contributed by atoms with Crippen LogP contribution in [0.2, 0.25) is 0 Å². The molecule has 5 nitrogen and oxygen atoms in total. The largest absolute Gasteiger partial charge is 0.467 e. The van der Waals surface area contributed by atoms with E-state index < -0.39 is 17.5 Å². The van der Waals surface area contributed by atoms with Gasteiger partial charge in [0.05, 0.1) is 20.2 Å². The number of ether oxygens (including phenoxy) is 3. The lowest BCUT2D eigenvalue weighted by Gasteiger charge is -2.33. The standard InChI is InChI=1S/C14H24O5S/c1-7-11(12(15)17-4)8-10(2)14(3,13(16)18-5)19-9-20-6/h7,10H,8-9H2,1-6H3/b11-7-/t10-,14-/m1/s1. The molecule has 6 heteroatoms. The van der Waals surface area contributed by atoms with Crippen LogP contribution in [0, 0.1) is 5.92 Å². The minimum Gasteiger partial charge on any atom is -0.467 e. The maximum atomic E-state index is 12.0. The van der Waals surface area contributed by atoms with E-state index in [0.717, 1.165) is 0 Å². The fraction of sp³-hybridized carbons (Fsp3) is 0.714. The Bertz CT molecular complexity index is 367. The van der Waals surface area contributed by atoms with Gasteiger partial charge in [-0.2, -0.15) is 0 Å². The highest BCUT2D eigenvalue weighted by atomic mass is 32.2. The normalized spacial score (nSPS) is 16.2. The van der Waals surface area contributed by atoms with Crippen molar-refractivity contribution in [1.82, 2.24) is 0 Å². The van der Waals surface area contributed by atoms with E-state index in [9.17, 15) is 9.59 Å². The summed E-state index contributed by atoms with van der Waals surface area (Å²) in [6.45, 7) is 5.30. The second-order valence-electron chi connectivity index (χ2n) is 4.56. The highest BCUT2D eigenvalue weighted by molar-refractivity contribution is 7.98. The first kappa shape index (κ1) is 19.0. The van der Waals surface area contributed by atoms with Crippen LogP contribution >= 0.6 is 11.8 Å². The smallest absolute Gasteiger partial charge is 0.338 e. The number of rotatable bonds is 8. The van der Waals surface area contributed by atoms with Crippen LogP contribution in [0.15, 0.2) is 11.6 Å². The van der Waals surface area contributed by atoms with Gasteiger partial charge in [-0.1, -0.05) is 13.0 Å². The lowest BCUT2D eigenvalue weighted by molar-refractivity contribution is -0.171. The summed E-state index contributed by atoms with van der Waals surface area (Å²) in [5, 5.41) is 0. The molecule has 0 spiro atoms. The number of carbonyl (C=O) groups is 2. The Kier molecular flexibility index (Phi) is 8.57. The molecule has 0 unspecified atom stereocenters. The molecule has 0 aromatic rings. The molecule has 0 aliphatic carbocycles. The molecule has 0 heterocycles. The lowest BCUT2D eigenvalue weighted by atomic mass is 9.85. The molecule has 0 bridgehead atoms. The molecule has 0 saturated heterocycles. The van der Waals surface area contributed by atoms with Crippen molar-refractivity contribution in [3.05, 3.63) is 11.6 Å². The van der Waals surface area contributed by atoms with Crippen LogP contribution in [0.4, 0.5) is 0 Å². The molecule has 0 radical (unpaired) electrons. The molecule has 116 valence electrons. The van der Waals surface area contributed by atoms with Crippen molar-refractivity contribution in [1.29, 1.82) is 0 Å². The Morgan fingerprint density at radius 1 is 1.30 bits per heavy atom. The molecule has 0 aromatic heterocycles. The molecule has 0 aromatic carbocycles. The average Bonchev–Trinajstić information content (AvgIpc) is 2.47. The third-order valence-corrected chi connectivity index (χ3v) is 3.68. The number of allylic oxidation sites excluding steroid dienone is 1. The molecular weight excluding hydrogens is 280 g/mol. The minimum atomic E-state index is -1.10. The van der Waals surface area contributed by atoms with Crippen LogP contribution in [0.5, 0.6) is 0 Å². The minimum absolute atomic E-state index is 0.229. The van der Waals surface area contributed by atoms with Gasteiger partial charge < -0.3 is 14.2 Å². The van der Waals surface area contributed by atoms with Crippen molar-refractivity contribution < 1.29 is 23.8 Å². The predicted molar refractivity (Wildman–Crippen MR) is 79.4 cm³/mol. The highest BCUT2D eigenvalue weighted by Gasteiger charge is 2.42. The van der Waals surface area contributed by atoms with Crippen molar-refractivity contribution >= 4 is 23.7 Å². The Morgan fingerprint density at radius 2 is 1.90 bits per heavy atom. The summed E-state index contributed by atoms with van der Waals surface area (Å²) < 4.78 is 15.2. The Balaban J connectivity index is 5.09. The monoisotopic (exact) mass is 304 g/mol. The fourth-order valence-electron chi connectivity index (χ4n) is 1.76. The third kappa shape index (κ3) is 4.83. The summed E-state index contributed by atoms with van der Waals surface area (Å²) in [7, 11) is 2.66. The van der Waals surface area contributed by atoms with Crippen molar-refractivity contribution in [3.63, 3.8) is 0 Å². The summed E-state index contributed by atoms with van der Waals surface area (Å²) in [4.78, 5) is 23.6. The quantitative estimate of drug-likeness (QED) is 0.390. The van der Waals surface area contributed by atoms with Crippen LogP contribution in [-0.2, 0) is 23.8 Å². The summed E-state index contributed by atoms with van der Waals surface area (Å²) in [5.41, 5.74) is -0.581. The molecule has 0 rings (SSSR count). The van der Waals surface area contributed by atoms with Gasteiger partial charge in [0, 0.05) is 5.57 Å². The number of thioether (sulfide) groups is 1. The first-order valence-electron chi connectivity index (χ1n) is 6.32. The topological polar surface area (TPSA) is 61.8 Å². The second-order valence-corrected chi connectivity index (χ2v) is 5.37. The van der Waals surface area contributed by atoms with Crippen LogP contribution in [-0.4, -0.2) is 44.0 Å². The van der Waals surface area contributed by atoms with Gasteiger partial charge in [0.25, 0.3) is 0 Å². The molecule has 0 amide bonds. The van der Waals surface area contributed by atoms with E-state index in [1.165, 1.54) is 26.0 Å². The Hall–Kier alpha value is -1.01. The van der Waals surface area contributed by atoms with Gasteiger partial charge in [0.1, 0.15) is 0 Å². The van der Waals surface area contributed by atoms with Gasteiger partial charge >= 0.3 is 11.9 Å². The van der Waals surface area contributed by atoms with Crippen LogP contribution in [0.3, 0.4) is 0 Å². The summed E-state index contributed by atoms with van der Waals surface area (Å²) >= 11 is 1.47. The van der Waals surface area contributed by atoms with Crippen LogP contribution < -0.4 is 0 Å². The lowest BCUT2D eigenvalue weighted by Crippen LogP contribution is -2.45. The van der Waals surface area contributed by atoms with E-state index in [2.05, 4.69) is 0 Å². The van der Waals surface area contributed by atoms with E-state index >= 15 is 0 Å².